The number of hydrogen-bond donors (Lipinski definition) is 4. The third-order valence-electron chi connectivity index (χ3n) is 2.82. The van der Waals surface area contributed by atoms with E-state index in [0.717, 1.165) is 0 Å². The SMILES string of the molecule is CC(O)CN(CCN(CC(C)O)CC(C)O)CC(C)O.[Cl-].[Zn+2]. The summed E-state index contributed by atoms with van der Waals surface area (Å²) in [5.74, 6) is 0. The topological polar surface area (TPSA) is 87.4 Å². The minimum absolute atomic E-state index is 0. The molecule has 4 N–H and O–H groups in total. The fourth-order valence-electron chi connectivity index (χ4n) is 2.29. The molecular weight excluding hydrogens is 361 g/mol. The van der Waals surface area contributed by atoms with E-state index < -0.39 is 24.4 Å². The molecule has 0 saturated carbocycles. The van der Waals surface area contributed by atoms with Gasteiger partial charge in [0.25, 0.3) is 0 Å². The van der Waals surface area contributed by atoms with Crippen LogP contribution in [0.3, 0.4) is 0 Å². The maximum Gasteiger partial charge on any atom is 2.00 e. The Labute approximate surface area is 153 Å². The summed E-state index contributed by atoms with van der Waals surface area (Å²) in [5, 5.41) is 37.9. The fourth-order valence-corrected chi connectivity index (χ4v) is 2.29. The molecule has 8 heteroatoms. The number of aliphatic hydroxyl groups is 4. The Morgan fingerprint density at radius 1 is 0.591 bits per heavy atom. The van der Waals surface area contributed by atoms with Crippen molar-refractivity contribution in [2.24, 2.45) is 0 Å². The minimum Gasteiger partial charge on any atom is -1.00 e. The zero-order valence-corrected chi connectivity index (χ0v) is 18.0. The van der Waals surface area contributed by atoms with Gasteiger partial charge in [-0.05, 0) is 27.7 Å². The molecule has 4 atom stereocenters. The largest absolute Gasteiger partial charge is 2.00 e. The standard InChI is InChI=1S/C14H32N2O4.ClH.Zn/c1-11(17)7-15(8-12(2)18)5-6-16(9-13(3)19)10-14(4)20;;/h11-14,17-20H,5-10H2,1-4H3;1H;/q;;+2/p-1. The van der Waals surface area contributed by atoms with Crippen LogP contribution in [0.15, 0.2) is 0 Å². The summed E-state index contributed by atoms with van der Waals surface area (Å²) in [6, 6.07) is 0. The summed E-state index contributed by atoms with van der Waals surface area (Å²) in [6.45, 7) is 10.2. The van der Waals surface area contributed by atoms with Crippen molar-refractivity contribution in [1.82, 2.24) is 9.80 Å². The summed E-state index contributed by atoms with van der Waals surface area (Å²) in [5.41, 5.74) is 0. The molecule has 0 aliphatic carbocycles. The summed E-state index contributed by atoms with van der Waals surface area (Å²) >= 11 is 0. The van der Waals surface area contributed by atoms with Gasteiger partial charge in [-0.15, -0.1) is 0 Å². The average molecular weight is 393 g/mol. The molecule has 0 spiro atoms. The van der Waals surface area contributed by atoms with Gasteiger partial charge in [0.15, 0.2) is 0 Å². The first-order valence-electron chi connectivity index (χ1n) is 7.37. The quantitative estimate of drug-likeness (QED) is 0.269. The first-order chi connectivity index (χ1) is 9.20. The van der Waals surface area contributed by atoms with Crippen LogP contribution >= 0.6 is 0 Å². The maximum absolute atomic E-state index is 9.47. The van der Waals surface area contributed by atoms with Crippen LogP contribution < -0.4 is 12.4 Å². The van der Waals surface area contributed by atoms with Crippen molar-refractivity contribution in [3.8, 4) is 0 Å². The van der Waals surface area contributed by atoms with Crippen LogP contribution in [0.2, 0.25) is 0 Å². The van der Waals surface area contributed by atoms with E-state index in [0.29, 0.717) is 39.3 Å². The zero-order chi connectivity index (χ0) is 15.7. The van der Waals surface area contributed by atoms with Gasteiger partial charge in [0.2, 0.25) is 0 Å². The molecule has 6 nitrogen and oxygen atoms in total. The van der Waals surface area contributed by atoms with Crippen LogP contribution in [0.4, 0.5) is 0 Å². The molecule has 4 unspecified atom stereocenters. The Hall–Kier alpha value is 0.673. The van der Waals surface area contributed by atoms with E-state index in [1.165, 1.54) is 0 Å². The summed E-state index contributed by atoms with van der Waals surface area (Å²) in [4.78, 5) is 3.98. The molecule has 22 heavy (non-hydrogen) atoms. The van der Waals surface area contributed by atoms with Crippen molar-refractivity contribution in [1.29, 1.82) is 0 Å². The van der Waals surface area contributed by atoms with E-state index in [9.17, 15) is 20.4 Å². The van der Waals surface area contributed by atoms with Crippen molar-refractivity contribution in [2.45, 2.75) is 52.1 Å². The van der Waals surface area contributed by atoms with Gasteiger partial charge in [-0.2, -0.15) is 0 Å². The summed E-state index contributed by atoms with van der Waals surface area (Å²) in [7, 11) is 0. The summed E-state index contributed by atoms with van der Waals surface area (Å²) in [6.07, 6.45) is -1.79. The first-order valence-corrected chi connectivity index (χ1v) is 7.37. The number of rotatable bonds is 11. The third kappa shape index (κ3) is 17.0. The number of halogens is 1. The fraction of sp³-hybridized carbons (Fsp3) is 1.00. The minimum atomic E-state index is -0.448. The van der Waals surface area contributed by atoms with E-state index in [4.69, 9.17) is 0 Å². The van der Waals surface area contributed by atoms with Gasteiger partial charge >= 0.3 is 19.5 Å². The van der Waals surface area contributed by atoms with Crippen molar-refractivity contribution < 1.29 is 52.3 Å². The Balaban J connectivity index is -0.00000180. The second-order valence-corrected chi connectivity index (χ2v) is 5.92. The summed E-state index contributed by atoms with van der Waals surface area (Å²) < 4.78 is 0. The predicted octanol–water partition coefficient (Wildman–Crippen LogP) is -3.88. The molecule has 0 bridgehead atoms. The van der Waals surface area contributed by atoms with E-state index in [2.05, 4.69) is 0 Å². The normalized spacial score (nSPS) is 16.6. The van der Waals surface area contributed by atoms with Gasteiger partial charge in [-0.3, -0.25) is 9.80 Å². The van der Waals surface area contributed by atoms with Crippen molar-refractivity contribution in [3.05, 3.63) is 0 Å². The molecule has 0 saturated heterocycles. The monoisotopic (exact) mass is 391 g/mol. The van der Waals surface area contributed by atoms with Crippen LogP contribution in [-0.2, 0) is 19.5 Å². The second-order valence-electron chi connectivity index (χ2n) is 5.92. The predicted molar refractivity (Wildman–Crippen MR) is 79.6 cm³/mol. The Morgan fingerprint density at radius 3 is 0.909 bits per heavy atom. The van der Waals surface area contributed by atoms with Crippen LogP contribution in [-0.4, -0.2) is 93.9 Å². The van der Waals surface area contributed by atoms with Crippen LogP contribution in [0.25, 0.3) is 0 Å². The van der Waals surface area contributed by atoms with Crippen LogP contribution in [0.5, 0.6) is 0 Å². The molecule has 130 valence electrons. The first kappa shape index (κ1) is 27.5. The van der Waals surface area contributed by atoms with Crippen molar-refractivity contribution in [2.75, 3.05) is 39.3 Å². The maximum atomic E-state index is 9.47. The third-order valence-corrected chi connectivity index (χ3v) is 2.82. The van der Waals surface area contributed by atoms with E-state index in [-0.39, 0.29) is 31.9 Å². The Bertz CT molecular complexity index is 203. The Morgan fingerprint density at radius 2 is 0.773 bits per heavy atom. The molecule has 0 aliphatic rings. The molecule has 0 radical (unpaired) electrons. The van der Waals surface area contributed by atoms with Gasteiger partial charge in [-0.25, -0.2) is 0 Å². The molecule has 0 amide bonds. The van der Waals surface area contributed by atoms with E-state index >= 15 is 0 Å². The van der Waals surface area contributed by atoms with Gasteiger partial charge in [-0.1, -0.05) is 0 Å². The van der Waals surface area contributed by atoms with E-state index in [1.54, 1.807) is 27.7 Å². The van der Waals surface area contributed by atoms with Crippen LogP contribution in [0, 0.1) is 0 Å². The van der Waals surface area contributed by atoms with Gasteiger partial charge < -0.3 is 32.8 Å². The van der Waals surface area contributed by atoms with Crippen molar-refractivity contribution in [3.63, 3.8) is 0 Å². The second kappa shape index (κ2) is 15.2. The molecule has 0 heterocycles. The number of hydrogen-bond acceptors (Lipinski definition) is 6. The Kier molecular flexibility index (Phi) is 19.0. The van der Waals surface area contributed by atoms with Crippen molar-refractivity contribution >= 4 is 0 Å². The molecule has 0 rings (SSSR count). The van der Waals surface area contributed by atoms with Gasteiger partial charge in [0.1, 0.15) is 0 Å². The molecular formula is C14H32ClN2O4Zn+. The smallest absolute Gasteiger partial charge is 1.00 e. The number of aliphatic hydroxyl groups excluding tert-OH is 4. The molecule has 0 aromatic carbocycles. The molecule has 0 aromatic heterocycles. The van der Waals surface area contributed by atoms with Gasteiger partial charge in [0, 0.05) is 39.3 Å². The molecule has 0 fully saturated rings. The average Bonchev–Trinajstić information content (AvgIpc) is 2.22. The van der Waals surface area contributed by atoms with E-state index in [1.807, 2.05) is 9.80 Å². The van der Waals surface area contributed by atoms with Gasteiger partial charge in [0.05, 0.1) is 24.4 Å². The molecule has 0 aromatic rings. The van der Waals surface area contributed by atoms with Crippen LogP contribution in [0.1, 0.15) is 27.7 Å². The molecule has 0 aliphatic heterocycles. The number of nitrogens with zero attached hydrogens (tertiary/aromatic N) is 2. The zero-order valence-electron chi connectivity index (χ0n) is 14.3.